The van der Waals surface area contributed by atoms with E-state index in [1.807, 2.05) is 6.07 Å². The van der Waals surface area contributed by atoms with Gasteiger partial charge in [0, 0.05) is 12.2 Å². The molecule has 0 atom stereocenters. The lowest BCUT2D eigenvalue weighted by Crippen LogP contribution is -2.11. The van der Waals surface area contributed by atoms with Crippen LogP contribution in [-0.4, -0.2) is 32.1 Å². The molecule has 3 aromatic carbocycles. The number of carbonyl (C=O) groups is 3. The molecule has 3 aromatic rings. The van der Waals surface area contributed by atoms with Crippen molar-refractivity contribution in [3.8, 4) is 22.9 Å². The second-order valence-corrected chi connectivity index (χ2v) is 7.14. The Bertz CT molecular complexity index is 1320. The summed E-state index contributed by atoms with van der Waals surface area (Å²) in [6.07, 6.45) is 5.67. The van der Waals surface area contributed by atoms with Crippen molar-refractivity contribution in [2.45, 2.75) is 0 Å². The van der Waals surface area contributed by atoms with Crippen molar-refractivity contribution in [1.29, 1.82) is 5.26 Å². The maximum atomic E-state index is 13.1. The van der Waals surface area contributed by atoms with E-state index in [1.54, 1.807) is 78.9 Å². The summed E-state index contributed by atoms with van der Waals surface area (Å²) in [7, 11) is 2.56. The number of hydrogen-bond acceptors (Lipinski definition) is 7. The molecular formula is C28H21NO6. The van der Waals surface area contributed by atoms with Gasteiger partial charge in [-0.15, -0.1) is 0 Å². The summed E-state index contributed by atoms with van der Waals surface area (Å²) in [5.74, 6) is -1.53. The van der Waals surface area contributed by atoms with Gasteiger partial charge in [-0.3, -0.25) is 0 Å². The number of ether oxygens (including phenoxy) is 3. The van der Waals surface area contributed by atoms with Gasteiger partial charge >= 0.3 is 17.9 Å². The SMILES string of the molecule is COC(=O)/C=C/c1cc(/C=C/C(=O)OC)cc(-c2ccccc2C(=O)Oc2ccccc2C#N)c1. The molecule has 0 aromatic heterocycles. The summed E-state index contributed by atoms with van der Waals surface area (Å²) >= 11 is 0. The van der Waals surface area contributed by atoms with Crippen LogP contribution in [0.4, 0.5) is 0 Å². The molecule has 3 rings (SSSR count). The van der Waals surface area contributed by atoms with Gasteiger partial charge in [-0.1, -0.05) is 30.3 Å². The van der Waals surface area contributed by atoms with Crippen LogP contribution in [0, 0.1) is 11.3 Å². The molecule has 35 heavy (non-hydrogen) atoms. The minimum absolute atomic E-state index is 0.159. The van der Waals surface area contributed by atoms with Crippen molar-refractivity contribution < 1.29 is 28.6 Å². The Morgan fingerprint density at radius 2 is 1.37 bits per heavy atom. The van der Waals surface area contributed by atoms with E-state index < -0.39 is 17.9 Å². The third-order valence-electron chi connectivity index (χ3n) is 4.87. The van der Waals surface area contributed by atoms with E-state index in [0.29, 0.717) is 22.3 Å². The van der Waals surface area contributed by atoms with Crippen LogP contribution in [0.2, 0.25) is 0 Å². The smallest absolute Gasteiger partial charge is 0.344 e. The number of rotatable bonds is 7. The molecule has 0 saturated carbocycles. The molecule has 0 heterocycles. The quantitative estimate of drug-likeness (QED) is 0.279. The number of hydrogen-bond donors (Lipinski definition) is 0. The number of methoxy groups -OCH3 is 2. The van der Waals surface area contributed by atoms with E-state index in [1.165, 1.54) is 26.4 Å². The summed E-state index contributed by atoms with van der Waals surface area (Å²) in [5.41, 5.74) is 2.99. The number of para-hydroxylation sites is 1. The second kappa shape index (κ2) is 11.8. The van der Waals surface area contributed by atoms with E-state index in [4.69, 9.17) is 4.74 Å². The predicted octanol–water partition coefficient (Wildman–Crippen LogP) is 4.82. The zero-order valence-corrected chi connectivity index (χ0v) is 19.1. The standard InChI is InChI=1S/C28H21NO6/c1-33-26(30)13-11-19-15-20(12-14-27(31)34-2)17-22(16-19)23-8-4-5-9-24(23)28(32)35-25-10-6-3-7-21(25)18-29/h3-17H,1-2H3/b13-11+,14-12+. The minimum atomic E-state index is -0.634. The van der Waals surface area contributed by atoms with Crippen LogP contribution in [-0.2, 0) is 19.1 Å². The van der Waals surface area contributed by atoms with Crippen molar-refractivity contribution in [3.63, 3.8) is 0 Å². The van der Waals surface area contributed by atoms with Gasteiger partial charge in [0.15, 0.2) is 0 Å². The first kappa shape index (κ1) is 24.7. The van der Waals surface area contributed by atoms with Gasteiger partial charge in [0.25, 0.3) is 0 Å². The van der Waals surface area contributed by atoms with Gasteiger partial charge in [-0.05, 0) is 70.8 Å². The highest BCUT2D eigenvalue weighted by Crippen LogP contribution is 2.29. The molecular weight excluding hydrogens is 446 g/mol. The van der Waals surface area contributed by atoms with E-state index in [-0.39, 0.29) is 16.9 Å². The first-order valence-electron chi connectivity index (χ1n) is 10.4. The Labute approximate surface area is 202 Å². The van der Waals surface area contributed by atoms with Crippen LogP contribution in [0.3, 0.4) is 0 Å². The van der Waals surface area contributed by atoms with E-state index in [9.17, 15) is 19.6 Å². The van der Waals surface area contributed by atoms with Crippen molar-refractivity contribution in [2.75, 3.05) is 14.2 Å². The Morgan fingerprint density at radius 1 is 0.800 bits per heavy atom. The number of benzene rings is 3. The highest BCUT2D eigenvalue weighted by molar-refractivity contribution is 5.99. The third kappa shape index (κ3) is 6.53. The van der Waals surface area contributed by atoms with E-state index in [0.717, 1.165) is 0 Å². The molecule has 0 saturated heterocycles. The second-order valence-electron chi connectivity index (χ2n) is 7.14. The average Bonchev–Trinajstić information content (AvgIpc) is 2.90. The Balaban J connectivity index is 2.06. The lowest BCUT2D eigenvalue weighted by atomic mass is 9.95. The zero-order chi connectivity index (χ0) is 25.2. The summed E-state index contributed by atoms with van der Waals surface area (Å²) in [5, 5.41) is 9.29. The maximum absolute atomic E-state index is 13.1. The fourth-order valence-corrected chi connectivity index (χ4v) is 3.20. The molecule has 0 spiro atoms. The van der Waals surface area contributed by atoms with Crippen LogP contribution in [0.5, 0.6) is 5.75 Å². The summed E-state index contributed by atoms with van der Waals surface area (Å²) in [6.45, 7) is 0. The van der Waals surface area contributed by atoms with Crippen LogP contribution in [0.1, 0.15) is 27.0 Å². The molecule has 0 aliphatic heterocycles. The molecule has 0 aliphatic carbocycles. The first-order valence-corrected chi connectivity index (χ1v) is 10.4. The lowest BCUT2D eigenvalue weighted by Gasteiger charge is -2.12. The summed E-state index contributed by atoms with van der Waals surface area (Å²) in [4.78, 5) is 36.2. The maximum Gasteiger partial charge on any atom is 0.344 e. The van der Waals surface area contributed by atoms with Gasteiger partial charge in [0.1, 0.15) is 11.8 Å². The normalized spacial score (nSPS) is 10.7. The minimum Gasteiger partial charge on any atom is -0.466 e. The predicted molar refractivity (Wildman–Crippen MR) is 130 cm³/mol. The van der Waals surface area contributed by atoms with Gasteiger partial charge in [0.2, 0.25) is 0 Å². The highest BCUT2D eigenvalue weighted by atomic mass is 16.5. The highest BCUT2D eigenvalue weighted by Gasteiger charge is 2.17. The van der Waals surface area contributed by atoms with Crippen LogP contribution in [0.15, 0.2) is 78.9 Å². The average molecular weight is 467 g/mol. The van der Waals surface area contributed by atoms with Crippen LogP contribution in [0.25, 0.3) is 23.3 Å². The number of nitrogens with zero attached hydrogens (tertiary/aromatic N) is 1. The Hall–Kier alpha value is -4.96. The van der Waals surface area contributed by atoms with Gasteiger partial charge in [-0.2, -0.15) is 5.26 Å². The molecule has 174 valence electrons. The van der Waals surface area contributed by atoms with E-state index in [2.05, 4.69) is 9.47 Å². The molecule has 0 aliphatic rings. The number of carbonyl (C=O) groups excluding carboxylic acids is 3. The molecule has 0 unspecified atom stereocenters. The molecule has 0 N–H and O–H groups in total. The summed E-state index contributed by atoms with van der Waals surface area (Å²) in [6, 6.07) is 20.6. The fourth-order valence-electron chi connectivity index (χ4n) is 3.20. The molecule has 7 heteroatoms. The zero-order valence-electron chi connectivity index (χ0n) is 19.1. The van der Waals surface area contributed by atoms with Crippen LogP contribution < -0.4 is 4.74 Å². The topological polar surface area (TPSA) is 103 Å². The van der Waals surface area contributed by atoms with Gasteiger partial charge in [-0.25, -0.2) is 14.4 Å². The van der Waals surface area contributed by atoms with Crippen molar-refractivity contribution >= 4 is 30.1 Å². The molecule has 0 radical (unpaired) electrons. The molecule has 7 nitrogen and oxygen atoms in total. The fraction of sp³-hybridized carbons (Fsp3) is 0.0714. The van der Waals surface area contributed by atoms with Gasteiger partial charge < -0.3 is 14.2 Å². The molecule has 0 amide bonds. The Morgan fingerprint density at radius 3 is 1.97 bits per heavy atom. The lowest BCUT2D eigenvalue weighted by molar-refractivity contribution is -0.135. The molecule has 0 bridgehead atoms. The number of nitriles is 1. The third-order valence-corrected chi connectivity index (χ3v) is 4.87. The summed E-state index contributed by atoms with van der Waals surface area (Å²) < 4.78 is 14.8. The Kier molecular flexibility index (Phi) is 8.30. The van der Waals surface area contributed by atoms with Gasteiger partial charge in [0.05, 0.1) is 25.3 Å². The monoisotopic (exact) mass is 467 g/mol. The largest absolute Gasteiger partial charge is 0.466 e. The van der Waals surface area contributed by atoms with Crippen LogP contribution >= 0.6 is 0 Å². The first-order chi connectivity index (χ1) is 16.9. The van der Waals surface area contributed by atoms with Crippen molar-refractivity contribution in [3.05, 3.63) is 101 Å². The van der Waals surface area contributed by atoms with E-state index >= 15 is 0 Å². The van der Waals surface area contributed by atoms with Crippen molar-refractivity contribution in [2.24, 2.45) is 0 Å². The number of esters is 3. The van der Waals surface area contributed by atoms with Crippen molar-refractivity contribution in [1.82, 2.24) is 0 Å². The molecule has 0 fully saturated rings.